The fraction of sp³-hybridized carbons (Fsp3) is 0.571. The molecule has 3 aromatic heterocycles. The van der Waals surface area contributed by atoms with Crippen molar-refractivity contribution < 1.29 is 4.79 Å². The molecule has 8 nitrogen and oxygen atoms in total. The maximum Gasteiger partial charge on any atom is 0.252 e. The molecule has 1 aliphatic heterocycles. The molecule has 0 radical (unpaired) electrons. The first-order valence-corrected chi connectivity index (χ1v) is 10.5. The van der Waals surface area contributed by atoms with Gasteiger partial charge in [0.25, 0.3) is 5.91 Å². The highest BCUT2D eigenvalue weighted by Gasteiger charge is 2.20. The molecule has 8 heteroatoms. The summed E-state index contributed by atoms with van der Waals surface area (Å²) < 4.78 is 4.03. The standard InChI is InChI=1S/C21H29N7O/c1-13(2)17-10-15(16-11-23-28(14(3)4)20(16)24-17)21(29)22-12-19-26-25-18-8-6-5-7-9-27(18)19/h10-11,13-14H,5-9,12H2,1-4H3,(H,22,29). The van der Waals surface area contributed by atoms with E-state index in [9.17, 15) is 4.79 Å². The molecular formula is C21H29N7O. The van der Waals surface area contributed by atoms with E-state index in [0.29, 0.717) is 12.1 Å². The van der Waals surface area contributed by atoms with Crippen LogP contribution in [-0.2, 0) is 19.5 Å². The van der Waals surface area contributed by atoms with Gasteiger partial charge in [-0.1, -0.05) is 20.3 Å². The number of rotatable bonds is 5. The molecule has 0 unspecified atom stereocenters. The Balaban J connectivity index is 1.62. The smallest absolute Gasteiger partial charge is 0.252 e. The number of amides is 1. The predicted molar refractivity (Wildman–Crippen MR) is 111 cm³/mol. The Bertz CT molecular complexity index is 1030. The molecule has 1 aliphatic rings. The monoisotopic (exact) mass is 395 g/mol. The number of nitrogens with zero attached hydrogens (tertiary/aromatic N) is 6. The topological polar surface area (TPSA) is 90.5 Å². The van der Waals surface area contributed by atoms with Crippen LogP contribution in [0.5, 0.6) is 0 Å². The Morgan fingerprint density at radius 1 is 1.17 bits per heavy atom. The van der Waals surface area contributed by atoms with Gasteiger partial charge in [-0.3, -0.25) is 4.79 Å². The zero-order valence-corrected chi connectivity index (χ0v) is 17.6. The largest absolute Gasteiger partial charge is 0.345 e. The molecule has 4 heterocycles. The second-order valence-electron chi connectivity index (χ2n) is 8.35. The SMILES string of the molecule is CC(C)c1cc(C(=O)NCc2nnc3n2CCCCC3)c2cnn(C(C)C)c2n1. The molecule has 29 heavy (non-hydrogen) atoms. The van der Waals surface area contributed by atoms with Gasteiger partial charge in [0.15, 0.2) is 11.5 Å². The van der Waals surface area contributed by atoms with Crippen LogP contribution in [0.3, 0.4) is 0 Å². The molecule has 0 saturated carbocycles. The first-order chi connectivity index (χ1) is 14.0. The van der Waals surface area contributed by atoms with Crippen LogP contribution in [0, 0.1) is 0 Å². The maximum absolute atomic E-state index is 13.1. The number of aromatic nitrogens is 6. The molecule has 154 valence electrons. The van der Waals surface area contributed by atoms with Gasteiger partial charge in [0, 0.05) is 24.7 Å². The molecule has 0 spiro atoms. The predicted octanol–water partition coefficient (Wildman–Crippen LogP) is 3.38. The lowest BCUT2D eigenvalue weighted by atomic mass is 10.0. The molecule has 0 bridgehead atoms. The number of nitrogens with one attached hydrogen (secondary N) is 1. The van der Waals surface area contributed by atoms with Crippen LogP contribution in [0.25, 0.3) is 11.0 Å². The van der Waals surface area contributed by atoms with Crippen molar-refractivity contribution in [3.63, 3.8) is 0 Å². The van der Waals surface area contributed by atoms with Crippen LogP contribution in [0.15, 0.2) is 12.3 Å². The lowest BCUT2D eigenvalue weighted by molar-refractivity contribution is 0.0951. The van der Waals surface area contributed by atoms with Gasteiger partial charge in [0.05, 0.1) is 23.7 Å². The first-order valence-electron chi connectivity index (χ1n) is 10.5. The summed E-state index contributed by atoms with van der Waals surface area (Å²) in [5.74, 6) is 1.93. The van der Waals surface area contributed by atoms with Gasteiger partial charge >= 0.3 is 0 Å². The van der Waals surface area contributed by atoms with Gasteiger partial charge in [0.1, 0.15) is 5.82 Å². The van der Waals surface area contributed by atoms with E-state index in [-0.39, 0.29) is 17.9 Å². The number of hydrogen-bond acceptors (Lipinski definition) is 5. The lowest BCUT2D eigenvalue weighted by Gasteiger charge is -2.12. The minimum Gasteiger partial charge on any atom is -0.345 e. The van der Waals surface area contributed by atoms with Gasteiger partial charge in [-0.05, 0) is 38.7 Å². The van der Waals surface area contributed by atoms with Crippen LogP contribution >= 0.6 is 0 Å². The summed E-state index contributed by atoms with van der Waals surface area (Å²) in [7, 11) is 0. The summed E-state index contributed by atoms with van der Waals surface area (Å²) in [6, 6.07) is 2.06. The Kier molecular flexibility index (Phi) is 5.34. The average Bonchev–Trinajstić information content (AvgIpc) is 3.22. The van der Waals surface area contributed by atoms with E-state index in [2.05, 4.69) is 52.9 Å². The number of hydrogen-bond donors (Lipinski definition) is 1. The Morgan fingerprint density at radius 2 is 2.00 bits per heavy atom. The van der Waals surface area contributed by atoms with Crippen LogP contribution in [-0.4, -0.2) is 35.4 Å². The summed E-state index contributed by atoms with van der Waals surface area (Å²) in [5.41, 5.74) is 2.26. The second kappa shape index (κ2) is 7.93. The number of pyridine rings is 1. The van der Waals surface area contributed by atoms with E-state index < -0.39 is 0 Å². The Hall–Kier alpha value is -2.77. The summed E-state index contributed by atoms with van der Waals surface area (Å²) in [6.45, 7) is 9.57. The van der Waals surface area contributed by atoms with E-state index in [1.54, 1.807) is 6.20 Å². The van der Waals surface area contributed by atoms with Crippen molar-refractivity contribution in [2.75, 3.05) is 0 Å². The van der Waals surface area contributed by atoms with Crippen LogP contribution in [0.4, 0.5) is 0 Å². The highest BCUT2D eigenvalue weighted by atomic mass is 16.1. The second-order valence-corrected chi connectivity index (χ2v) is 8.35. The number of aryl methyl sites for hydroxylation is 1. The van der Waals surface area contributed by atoms with E-state index >= 15 is 0 Å². The molecule has 0 fully saturated rings. The van der Waals surface area contributed by atoms with E-state index in [1.165, 1.54) is 6.42 Å². The highest BCUT2D eigenvalue weighted by molar-refractivity contribution is 6.05. The number of carbonyl (C=O) groups is 1. The molecular weight excluding hydrogens is 366 g/mol. The summed E-state index contributed by atoms with van der Waals surface area (Å²) in [6.07, 6.45) is 6.19. The molecule has 0 aromatic carbocycles. The summed E-state index contributed by atoms with van der Waals surface area (Å²) >= 11 is 0. The third-order valence-electron chi connectivity index (χ3n) is 5.51. The van der Waals surface area contributed by atoms with Crippen molar-refractivity contribution in [3.8, 4) is 0 Å². The molecule has 0 aliphatic carbocycles. The van der Waals surface area contributed by atoms with E-state index in [1.807, 2.05) is 10.7 Å². The maximum atomic E-state index is 13.1. The number of fused-ring (bicyclic) bond motifs is 2. The van der Waals surface area contributed by atoms with Crippen molar-refractivity contribution in [3.05, 3.63) is 35.2 Å². The normalized spacial score (nSPS) is 14.4. The van der Waals surface area contributed by atoms with Gasteiger partial charge in [-0.25, -0.2) is 9.67 Å². The van der Waals surface area contributed by atoms with Gasteiger partial charge in [-0.2, -0.15) is 5.10 Å². The minimum absolute atomic E-state index is 0.131. The fourth-order valence-electron chi connectivity index (χ4n) is 3.83. The molecule has 4 rings (SSSR count). The molecule has 0 saturated heterocycles. The van der Waals surface area contributed by atoms with Crippen molar-refractivity contribution in [1.29, 1.82) is 0 Å². The van der Waals surface area contributed by atoms with Crippen molar-refractivity contribution in [1.82, 2.24) is 34.8 Å². The van der Waals surface area contributed by atoms with Crippen molar-refractivity contribution in [2.24, 2.45) is 0 Å². The zero-order valence-electron chi connectivity index (χ0n) is 17.6. The fourth-order valence-corrected chi connectivity index (χ4v) is 3.83. The van der Waals surface area contributed by atoms with Crippen molar-refractivity contribution in [2.45, 2.75) is 78.4 Å². The van der Waals surface area contributed by atoms with Gasteiger partial charge in [0.2, 0.25) is 0 Å². The third-order valence-corrected chi connectivity index (χ3v) is 5.51. The van der Waals surface area contributed by atoms with Crippen LogP contribution in [0.2, 0.25) is 0 Å². The summed E-state index contributed by atoms with van der Waals surface area (Å²) in [4.78, 5) is 17.9. The first kappa shape index (κ1) is 19.5. The average molecular weight is 396 g/mol. The number of carbonyl (C=O) groups excluding carboxylic acids is 1. The molecule has 1 N–H and O–H groups in total. The van der Waals surface area contributed by atoms with Crippen molar-refractivity contribution >= 4 is 16.9 Å². The molecule has 3 aromatic rings. The third kappa shape index (κ3) is 3.75. The quantitative estimate of drug-likeness (QED) is 0.715. The summed E-state index contributed by atoms with van der Waals surface area (Å²) in [5, 5.41) is 16.9. The molecule has 0 atom stereocenters. The van der Waals surface area contributed by atoms with Crippen LogP contribution < -0.4 is 5.32 Å². The van der Waals surface area contributed by atoms with E-state index in [0.717, 1.165) is 54.2 Å². The van der Waals surface area contributed by atoms with Gasteiger partial charge in [-0.15, -0.1) is 10.2 Å². The highest BCUT2D eigenvalue weighted by Crippen LogP contribution is 2.24. The Morgan fingerprint density at radius 3 is 2.76 bits per heavy atom. The molecule has 1 amide bonds. The lowest BCUT2D eigenvalue weighted by Crippen LogP contribution is -2.25. The zero-order chi connectivity index (χ0) is 20.5. The van der Waals surface area contributed by atoms with E-state index in [4.69, 9.17) is 4.98 Å². The minimum atomic E-state index is -0.131. The van der Waals surface area contributed by atoms with Gasteiger partial charge < -0.3 is 9.88 Å². The Labute approximate surface area is 170 Å². The van der Waals surface area contributed by atoms with Crippen LogP contribution in [0.1, 0.15) is 86.6 Å².